The lowest BCUT2D eigenvalue weighted by Crippen LogP contribution is -2.36. The Morgan fingerprint density at radius 3 is 2.50 bits per heavy atom. The summed E-state index contributed by atoms with van der Waals surface area (Å²) in [6.07, 6.45) is -2.84. The third kappa shape index (κ3) is 3.24. The van der Waals surface area contributed by atoms with E-state index in [-0.39, 0.29) is 11.6 Å². The lowest BCUT2D eigenvalue weighted by molar-refractivity contribution is -0.138. The van der Waals surface area contributed by atoms with Crippen LogP contribution in [0.25, 0.3) is 0 Å². The highest BCUT2D eigenvalue weighted by Gasteiger charge is 2.34. The molecule has 1 saturated heterocycles. The minimum atomic E-state index is -4.45. The van der Waals surface area contributed by atoms with Gasteiger partial charge in [0.15, 0.2) is 0 Å². The van der Waals surface area contributed by atoms with Gasteiger partial charge in [-0.3, -0.25) is 0 Å². The Bertz CT molecular complexity index is 456. The Hall–Kier alpha value is -1.27. The number of aliphatic hydroxyl groups excluding tert-OH is 1. The van der Waals surface area contributed by atoms with Crippen LogP contribution in [0.15, 0.2) is 18.2 Å². The van der Waals surface area contributed by atoms with Crippen LogP contribution in [0.3, 0.4) is 0 Å². The Morgan fingerprint density at radius 1 is 1.30 bits per heavy atom. The van der Waals surface area contributed by atoms with Crippen molar-refractivity contribution in [1.82, 2.24) is 0 Å². The highest BCUT2D eigenvalue weighted by Crippen LogP contribution is 2.35. The molecular weight excluding hydrogens is 271 g/mol. The summed E-state index contributed by atoms with van der Waals surface area (Å²) in [5, 5.41) is 9.03. The fourth-order valence-corrected chi connectivity index (χ4v) is 2.47. The predicted octanol–water partition coefficient (Wildman–Crippen LogP) is 2.81. The number of benzene rings is 1. The molecule has 1 aromatic carbocycles. The molecule has 0 aromatic heterocycles. The molecule has 0 atom stereocenters. The van der Waals surface area contributed by atoms with Crippen LogP contribution in [0, 0.1) is 0 Å². The van der Waals surface area contributed by atoms with Crippen LogP contribution in [-0.4, -0.2) is 31.4 Å². The average molecular weight is 289 g/mol. The Labute approximate surface area is 116 Å². The minimum Gasteiger partial charge on any atom is -0.392 e. The predicted molar refractivity (Wildman–Crippen MR) is 69.6 cm³/mol. The van der Waals surface area contributed by atoms with E-state index in [2.05, 4.69) is 0 Å². The Balaban J connectivity index is 2.28. The molecule has 1 fully saturated rings. The smallest absolute Gasteiger partial charge is 0.392 e. The number of nitrogens with zero attached hydrogens (tertiary/aromatic N) is 1. The van der Waals surface area contributed by atoms with Gasteiger partial charge in [-0.05, 0) is 30.5 Å². The number of rotatable bonds is 3. The summed E-state index contributed by atoms with van der Waals surface area (Å²) in [7, 11) is 1.80. The van der Waals surface area contributed by atoms with Crippen molar-refractivity contribution < 1.29 is 23.0 Å². The molecule has 1 N–H and O–H groups in total. The van der Waals surface area contributed by atoms with E-state index in [9.17, 15) is 13.2 Å². The van der Waals surface area contributed by atoms with E-state index >= 15 is 0 Å². The van der Waals surface area contributed by atoms with Crippen molar-refractivity contribution in [1.29, 1.82) is 0 Å². The molecule has 1 aliphatic heterocycles. The molecule has 6 heteroatoms. The van der Waals surface area contributed by atoms with E-state index in [0.29, 0.717) is 18.9 Å². The zero-order valence-corrected chi connectivity index (χ0v) is 11.3. The molecule has 20 heavy (non-hydrogen) atoms. The van der Waals surface area contributed by atoms with E-state index in [4.69, 9.17) is 9.84 Å². The molecule has 0 spiro atoms. The molecule has 0 saturated carbocycles. The lowest BCUT2D eigenvalue weighted by atomic mass is 10.0. The number of hydrogen-bond donors (Lipinski definition) is 1. The van der Waals surface area contributed by atoms with Gasteiger partial charge in [0.1, 0.15) is 0 Å². The van der Waals surface area contributed by atoms with Crippen molar-refractivity contribution >= 4 is 5.69 Å². The van der Waals surface area contributed by atoms with Gasteiger partial charge < -0.3 is 14.7 Å². The second-order valence-electron chi connectivity index (χ2n) is 4.95. The summed E-state index contributed by atoms with van der Waals surface area (Å²) in [5.41, 5.74) is -0.348. The van der Waals surface area contributed by atoms with Crippen LogP contribution < -0.4 is 4.90 Å². The van der Waals surface area contributed by atoms with Crippen molar-refractivity contribution in [3.8, 4) is 0 Å². The van der Waals surface area contributed by atoms with Crippen molar-refractivity contribution in [3.05, 3.63) is 29.3 Å². The molecule has 1 heterocycles. The van der Waals surface area contributed by atoms with Crippen LogP contribution in [-0.2, 0) is 17.5 Å². The number of halogens is 3. The lowest BCUT2D eigenvalue weighted by Gasteiger charge is -2.33. The molecular formula is C14H18F3NO2. The monoisotopic (exact) mass is 289 g/mol. The Morgan fingerprint density at radius 2 is 1.95 bits per heavy atom. The SMILES string of the molecule is CN(c1ccc(CO)c(C(F)(F)F)c1)C1CCOCC1. The quantitative estimate of drug-likeness (QED) is 0.928. The first-order valence-corrected chi connectivity index (χ1v) is 6.55. The molecule has 1 aliphatic rings. The van der Waals surface area contributed by atoms with Crippen LogP contribution in [0.4, 0.5) is 18.9 Å². The largest absolute Gasteiger partial charge is 0.416 e. The maximum Gasteiger partial charge on any atom is 0.416 e. The highest BCUT2D eigenvalue weighted by molar-refractivity contribution is 5.52. The highest BCUT2D eigenvalue weighted by atomic mass is 19.4. The van der Waals surface area contributed by atoms with Gasteiger partial charge >= 0.3 is 6.18 Å². The zero-order chi connectivity index (χ0) is 14.8. The summed E-state index contributed by atoms with van der Waals surface area (Å²) in [6.45, 7) is 0.655. The van der Waals surface area contributed by atoms with Gasteiger partial charge in [-0.2, -0.15) is 13.2 Å². The number of ether oxygens (including phenoxy) is 1. The van der Waals surface area contributed by atoms with Crippen molar-refractivity contribution in [2.45, 2.75) is 31.7 Å². The van der Waals surface area contributed by atoms with Gasteiger partial charge in [0, 0.05) is 32.0 Å². The van der Waals surface area contributed by atoms with Gasteiger partial charge in [-0.15, -0.1) is 0 Å². The summed E-state index contributed by atoms with van der Waals surface area (Å²) in [4.78, 5) is 1.86. The third-order valence-electron chi connectivity index (χ3n) is 3.72. The average Bonchev–Trinajstić information content (AvgIpc) is 2.46. The Kier molecular flexibility index (Phi) is 4.55. The standard InChI is InChI=1S/C14H18F3NO2/c1-18(11-4-6-20-7-5-11)12-3-2-10(9-19)13(8-12)14(15,16)17/h2-3,8,11,19H,4-7,9H2,1H3. The number of aliphatic hydroxyl groups is 1. The minimum absolute atomic E-state index is 0.0957. The van der Waals surface area contributed by atoms with Crippen molar-refractivity contribution in [2.75, 3.05) is 25.2 Å². The fourth-order valence-electron chi connectivity index (χ4n) is 2.47. The number of alkyl halides is 3. The second kappa shape index (κ2) is 6.01. The molecule has 112 valence electrons. The number of anilines is 1. The molecule has 0 unspecified atom stereocenters. The number of hydrogen-bond acceptors (Lipinski definition) is 3. The van der Waals surface area contributed by atoms with Gasteiger partial charge in [0.05, 0.1) is 12.2 Å². The fraction of sp³-hybridized carbons (Fsp3) is 0.571. The van der Waals surface area contributed by atoms with Crippen LogP contribution in [0.5, 0.6) is 0 Å². The third-order valence-corrected chi connectivity index (χ3v) is 3.72. The van der Waals surface area contributed by atoms with Gasteiger partial charge in [0.25, 0.3) is 0 Å². The van der Waals surface area contributed by atoms with E-state index < -0.39 is 18.3 Å². The second-order valence-corrected chi connectivity index (χ2v) is 4.95. The first-order valence-electron chi connectivity index (χ1n) is 6.55. The van der Waals surface area contributed by atoms with Gasteiger partial charge in [0.2, 0.25) is 0 Å². The molecule has 0 bridgehead atoms. The maximum absolute atomic E-state index is 13.0. The molecule has 0 amide bonds. The van der Waals surface area contributed by atoms with E-state index in [1.54, 1.807) is 13.1 Å². The summed E-state index contributed by atoms with van der Waals surface area (Å²) in [5.74, 6) is 0. The van der Waals surface area contributed by atoms with Gasteiger partial charge in [-0.1, -0.05) is 6.07 Å². The molecule has 2 rings (SSSR count). The van der Waals surface area contributed by atoms with Crippen LogP contribution in [0.2, 0.25) is 0 Å². The first-order chi connectivity index (χ1) is 9.43. The van der Waals surface area contributed by atoms with E-state index in [0.717, 1.165) is 18.9 Å². The van der Waals surface area contributed by atoms with Gasteiger partial charge in [-0.25, -0.2) is 0 Å². The van der Waals surface area contributed by atoms with Crippen molar-refractivity contribution in [2.24, 2.45) is 0 Å². The molecule has 0 aliphatic carbocycles. The topological polar surface area (TPSA) is 32.7 Å². The maximum atomic E-state index is 13.0. The molecule has 3 nitrogen and oxygen atoms in total. The summed E-state index contributed by atoms with van der Waals surface area (Å²) >= 11 is 0. The van der Waals surface area contributed by atoms with E-state index in [1.807, 2.05) is 4.90 Å². The summed E-state index contributed by atoms with van der Waals surface area (Å²) in [6, 6.07) is 4.26. The van der Waals surface area contributed by atoms with Crippen molar-refractivity contribution in [3.63, 3.8) is 0 Å². The normalized spacial score (nSPS) is 17.2. The van der Waals surface area contributed by atoms with Crippen LogP contribution in [0.1, 0.15) is 24.0 Å². The molecule has 0 radical (unpaired) electrons. The molecule has 1 aromatic rings. The van der Waals surface area contributed by atoms with Crippen LogP contribution >= 0.6 is 0 Å². The summed E-state index contributed by atoms with van der Waals surface area (Å²) < 4.78 is 44.2. The van der Waals surface area contributed by atoms with E-state index in [1.165, 1.54) is 6.07 Å². The first kappa shape index (κ1) is 15.1. The zero-order valence-electron chi connectivity index (χ0n) is 11.3.